The molecule has 0 aromatic carbocycles. The van der Waals surface area contributed by atoms with Gasteiger partial charge in [-0.1, -0.05) is 287 Å². The number of allylic oxidation sites excluding steroid dienone is 10. The van der Waals surface area contributed by atoms with Crippen molar-refractivity contribution < 1.29 is 28.6 Å². The molecule has 73 heavy (non-hydrogen) atoms. The maximum Gasteiger partial charge on any atom is 0.306 e. The molecule has 0 aliphatic carbocycles. The van der Waals surface area contributed by atoms with Crippen molar-refractivity contribution in [3.63, 3.8) is 0 Å². The van der Waals surface area contributed by atoms with Crippen LogP contribution in [-0.2, 0) is 28.6 Å². The Kier molecular flexibility index (Phi) is 59.2. The van der Waals surface area contributed by atoms with Gasteiger partial charge in [-0.15, -0.1) is 0 Å². The van der Waals surface area contributed by atoms with Gasteiger partial charge >= 0.3 is 17.9 Å². The highest BCUT2D eigenvalue weighted by Crippen LogP contribution is 2.17. The van der Waals surface area contributed by atoms with E-state index in [2.05, 4.69) is 81.5 Å². The lowest BCUT2D eigenvalue weighted by molar-refractivity contribution is -0.167. The molecular formula is C67H120O6. The van der Waals surface area contributed by atoms with Crippen molar-refractivity contribution in [3.8, 4) is 0 Å². The van der Waals surface area contributed by atoms with E-state index in [4.69, 9.17) is 14.2 Å². The van der Waals surface area contributed by atoms with E-state index in [1.165, 1.54) is 205 Å². The first-order chi connectivity index (χ1) is 36.0. The van der Waals surface area contributed by atoms with Crippen LogP contribution in [0.5, 0.6) is 0 Å². The summed E-state index contributed by atoms with van der Waals surface area (Å²) in [6.07, 6.45) is 78.1. The van der Waals surface area contributed by atoms with Gasteiger partial charge in [0.25, 0.3) is 0 Å². The van der Waals surface area contributed by atoms with Crippen molar-refractivity contribution in [2.24, 2.45) is 0 Å². The maximum absolute atomic E-state index is 12.9. The Labute approximate surface area is 453 Å². The summed E-state index contributed by atoms with van der Waals surface area (Å²) >= 11 is 0. The summed E-state index contributed by atoms with van der Waals surface area (Å²) in [5, 5.41) is 0. The van der Waals surface area contributed by atoms with Gasteiger partial charge in [0.05, 0.1) is 0 Å². The van der Waals surface area contributed by atoms with Crippen LogP contribution in [0.2, 0.25) is 0 Å². The van der Waals surface area contributed by atoms with E-state index in [1.807, 2.05) is 0 Å². The fourth-order valence-electron chi connectivity index (χ4n) is 9.25. The third-order valence-electron chi connectivity index (χ3n) is 14.0. The summed E-state index contributed by atoms with van der Waals surface area (Å²) in [5.74, 6) is -0.864. The number of ether oxygens (including phenoxy) is 3. The Morgan fingerprint density at radius 2 is 0.534 bits per heavy atom. The standard InChI is InChI=1S/C67H120O6/c1-4-7-10-13-16-19-21-23-25-27-29-31-33-35-37-39-41-43-45-48-51-54-57-60-66(69)72-63-64(62-71-65(68)59-56-53-50-47-18-15-12-9-6-3)73-67(70)61-58-55-52-49-46-44-42-40-38-36-34-32-30-28-26-24-22-20-17-14-11-8-5-2/h7,10,16,19,23,25,28-31,64H,4-6,8-9,11-15,17-18,20-22,24,26-27,32-63H2,1-3H3/b10-7-,19-16-,25-23-,30-28-,31-29-. The van der Waals surface area contributed by atoms with Gasteiger partial charge in [0, 0.05) is 19.3 Å². The number of hydrogen-bond donors (Lipinski definition) is 0. The van der Waals surface area contributed by atoms with Crippen molar-refractivity contribution in [2.75, 3.05) is 13.2 Å². The lowest BCUT2D eigenvalue weighted by Crippen LogP contribution is -2.30. The van der Waals surface area contributed by atoms with E-state index < -0.39 is 6.10 Å². The zero-order valence-electron chi connectivity index (χ0n) is 48.7. The minimum atomic E-state index is -0.774. The number of unbranched alkanes of at least 4 members (excludes halogenated alkanes) is 37. The van der Waals surface area contributed by atoms with E-state index in [1.54, 1.807) is 0 Å². The van der Waals surface area contributed by atoms with Gasteiger partial charge in [-0.3, -0.25) is 14.4 Å². The summed E-state index contributed by atoms with van der Waals surface area (Å²) in [6.45, 7) is 6.55. The van der Waals surface area contributed by atoms with Crippen molar-refractivity contribution in [1.82, 2.24) is 0 Å². The molecule has 0 aliphatic rings. The highest BCUT2D eigenvalue weighted by molar-refractivity contribution is 5.71. The van der Waals surface area contributed by atoms with Crippen LogP contribution in [0.15, 0.2) is 60.8 Å². The first-order valence-corrected chi connectivity index (χ1v) is 31.8. The first-order valence-electron chi connectivity index (χ1n) is 31.8. The van der Waals surface area contributed by atoms with Crippen LogP contribution < -0.4 is 0 Å². The molecule has 0 rings (SSSR count). The Balaban J connectivity index is 4.20. The van der Waals surface area contributed by atoms with E-state index in [0.717, 1.165) is 83.5 Å². The van der Waals surface area contributed by atoms with Gasteiger partial charge in [0.15, 0.2) is 6.10 Å². The van der Waals surface area contributed by atoms with E-state index in [-0.39, 0.29) is 31.1 Å². The zero-order valence-corrected chi connectivity index (χ0v) is 48.7. The zero-order chi connectivity index (χ0) is 52.9. The highest BCUT2D eigenvalue weighted by atomic mass is 16.6. The molecule has 0 saturated heterocycles. The van der Waals surface area contributed by atoms with Crippen LogP contribution in [0.4, 0.5) is 0 Å². The molecule has 0 N–H and O–H groups in total. The second-order valence-electron chi connectivity index (χ2n) is 21.3. The molecule has 0 saturated carbocycles. The van der Waals surface area contributed by atoms with E-state index in [9.17, 15) is 14.4 Å². The van der Waals surface area contributed by atoms with Crippen LogP contribution >= 0.6 is 0 Å². The third kappa shape index (κ3) is 59.9. The molecule has 6 heteroatoms. The van der Waals surface area contributed by atoms with Gasteiger partial charge in [-0.25, -0.2) is 0 Å². The SMILES string of the molecule is CC/C=C\C/C=C\C/C=C\C/C=C\CCCCCCCCCCCCC(=O)OCC(COC(=O)CCCCCCCCCCC)OC(=O)CCCCCCCCCCCCC/C=C\CCCCCCCCCC. The molecular weight excluding hydrogens is 901 g/mol. The minimum Gasteiger partial charge on any atom is -0.462 e. The minimum absolute atomic E-state index is 0.0724. The number of hydrogen-bond acceptors (Lipinski definition) is 6. The van der Waals surface area contributed by atoms with Gasteiger partial charge < -0.3 is 14.2 Å². The molecule has 6 nitrogen and oxygen atoms in total. The maximum atomic E-state index is 12.9. The largest absolute Gasteiger partial charge is 0.462 e. The lowest BCUT2D eigenvalue weighted by atomic mass is 10.0. The Hall–Kier alpha value is -2.89. The molecule has 1 atom stereocenters. The molecule has 1 unspecified atom stereocenters. The van der Waals surface area contributed by atoms with Crippen LogP contribution in [0.3, 0.4) is 0 Å². The van der Waals surface area contributed by atoms with Gasteiger partial charge in [0.1, 0.15) is 13.2 Å². The second kappa shape index (κ2) is 61.7. The molecule has 0 aromatic heterocycles. The Bertz CT molecular complexity index is 1310. The molecule has 0 spiro atoms. The van der Waals surface area contributed by atoms with Crippen molar-refractivity contribution in [3.05, 3.63) is 60.8 Å². The van der Waals surface area contributed by atoms with E-state index >= 15 is 0 Å². The molecule has 0 fully saturated rings. The summed E-state index contributed by atoms with van der Waals surface area (Å²) in [5.41, 5.74) is 0. The van der Waals surface area contributed by atoms with Crippen LogP contribution in [-0.4, -0.2) is 37.2 Å². The Morgan fingerprint density at radius 1 is 0.288 bits per heavy atom. The summed E-state index contributed by atoms with van der Waals surface area (Å²) in [7, 11) is 0. The molecule has 0 aliphatic heterocycles. The smallest absolute Gasteiger partial charge is 0.306 e. The summed E-state index contributed by atoms with van der Waals surface area (Å²) < 4.78 is 16.9. The van der Waals surface area contributed by atoms with Crippen molar-refractivity contribution in [2.45, 2.75) is 335 Å². The molecule has 0 bridgehead atoms. The topological polar surface area (TPSA) is 78.9 Å². The highest BCUT2D eigenvalue weighted by Gasteiger charge is 2.19. The first kappa shape index (κ1) is 70.1. The van der Waals surface area contributed by atoms with Crippen LogP contribution in [0.1, 0.15) is 329 Å². The fourth-order valence-corrected chi connectivity index (χ4v) is 9.25. The normalized spacial score (nSPS) is 12.4. The van der Waals surface area contributed by atoms with Crippen molar-refractivity contribution >= 4 is 17.9 Å². The predicted octanol–water partition coefficient (Wildman–Crippen LogP) is 21.6. The lowest BCUT2D eigenvalue weighted by Gasteiger charge is -2.18. The average molecular weight is 1020 g/mol. The van der Waals surface area contributed by atoms with Gasteiger partial charge in [-0.05, 0) is 83.5 Å². The predicted molar refractivity (Wildman–Crippen MR) is 316 cm³/mol. The molecule has 0 radical (unpaired) electrons. The fraction of sp³-hybridized carbons (Fsp3) is 0.806. The average Bonchev–Trinajstić information content (AvgIpc) is 3.39. The number of carbonyl (C=O) groups is 3. The molecule has 0 aromatic rings. The van der Waals surface area contributed by atoms with Gasteiger partial charge in [-0.2, -0.15) is 0 Å². The number of esters is 3. The third-order valence-corrected chi connectivity index (χ3v) is 14.0. The van der Waals surface area contributed by atoms with E-state index in [0.29, 0.717) is 19.3 Å². The Morgan fingerprint density at radius 3 is 0.849 bits per heavy atom. The second-order valence-corrected chi connectivity index (χ2v) is 21.3. The summed E-state index contributed by atoms with van der Waals surface area (Å²) in [6, 6.07) is 0. The van der Waals surface area contributed by atoms with Crippen LogP contribution in [0, 0.1) is 0 Å². The quantitative estimate of drug-likeness (QED) is 0.0261. The molecule has 424 valence electrons. The summed E-state index contributed by atoms with van der Waals surface area (Å²) in [4.78, 5) is 38.2. The van der Waals surface area contributed by atoms with Crippen molar-refractivity contribution in [1.29, 1.82) is 0 Å². The van der Waals surface area contributed by atoms with Gasteiger partial charge in [0.2, 0.25) is 0 Å². The molecule has 0 amide bonds. The van der Waals surface area contributed by atoms with Crippen LogP contribution in [0.25, 0.3) is 0 Å². The number of rotatable bonds is 58. The molecule has 0 heterocycles. The monoisotopic (exact) mass is 1020 g/mol. The number of carbonyl (C=O) groups excluding carboxylic acids is 3.